The van der Waals surface area contributed by atoms with Crippen molar-refractivity contribution in [3.8, 4) is 0 Å². The van der Waals surface area contributed by atoms with Crippen LogP contribution in [0.1, 0.15) is 54.8 Å². The van der Waals surface area contributed by atoms with Crippen LogP contribution in [0.5, 0.6) is 0 Å². The van der Waals surface area contributed by atoms with Crippen molar-refractivity contribution in [2.24, 2.45) is 0 Å². The zero-order valence-corrected chi connectivity index (χ0v) is 12.1. The molecule has 21 heavy (non-hydrogen) atoms. The highest BCUT2D eigenvalue weighted by Gasteiger charge is 2.24. The Hall–Kier alpha value is -1.88. The van der Waals surface area contributed by atoms with Gasteiger partial charge in [0.2, 0.25) is 0 Å². The Morgan fingerprint density at radius 1 is 1.33 bits per heavy atom. The van der Waals surface area contributed by atoms with Crippen molar-refractivity contribution in [1.82, 2.24) is 9.55 Å². The molecule has 2 aromatic rings. The number of benzene rings is 1. The number of aromatic carboxylic acids is 1. The molecule has 1 aliphatic rings. The minimum absolute atomic E-state index is 0.181. The highest BCUT2D eigenvalue weighted by Crippen LogP contribution is 2.33. The zero-order chi connectivity index (χ0) is 15.0. The van der Waals surface area contributed by atoms with E-state index in [4.69, 9.17) is 5.11 Å². The van der Waals surface area contributed by atoms with E-state index in [1.165, 1.54) is 0 Å². The summed E-state index contributed by atoms with van der Waals surface area (Å²) in [6.07, 6.45) is 4.16. The van der Waals surface area contributed by atoms with Gasteiger partial charge in [-0.3, -0.25) is 0 Å². The summed E-state index contributed by atoms with van der Waals surface area (Å²) in [7, 11) is 0. The van der Waals surface area contributed by atoms with E-state index >= 15 is 0 Å². The molecule has 0 bridgehead atoms. The first-order chi connectivity index (χ1) is 10.1. The summed E-state index contributed by atoms with van der Waals surface area (Å²) in [6.45, 7) is 2.06. The van der Waals surface area contributed by atoms with E-state index in [2.05, 4.69) is 16.5 Å². The molecule has 0 saturated heterocycles. The molecule has 1 saturated carbocycles. The lowest BCUT2D eigenvalue weighted by molar-refractivity contribution is 0.0697. The highest BCUT2D eigenvalue weighted by molar-refractivity contribution is 5.92. The van der Waals surface area contributed by atoms with E-state index < -0.39 is 5.97 Å². The van der Waals surface area contributed by atoms with Crippen molar-refractivity contribution in [3.05, 3.63) is 29.6 Å². The number of hydrogen-bond donors (Lipinski definition) is 2. The maximum absolute atomic E-state index is 11.1. The standard InChI is InChI=1S/C16H20N2O3/c1-2-15-17-13-9-10(16(20)21)3-8-14(13)18(15)11-4-6-12(19)7-5-11/h3,8-9,11-12,19H,2,4-7H2,1H3,(H,20,21). The van der Waals surface area contributed by atoms with Crippen LogP contribution in [0.2, 0.25) is 0 Å². The van der Waals surface area contributed by atoms with Gasteiger partial charge in [0, 0.05) is 12.5 Å². The van der Waals surface area contributed by atoms with Gasteiger partial charge in [-0.05, 0) is 43.9 Å². The second kappa shape index (κ2) is 5.48. The van der Waals surface area contributed by atoms with Crippen molar-refractivity contribution >= 4 is 17.0 Å². The molecule has 1 aromatic heterocycles. The molecule has 1 aromatic carbocycles. The number of fused-ring (bicyclic) bond motifs is 1. The number of hydrogen-bond acceptors (Lipinski definition) is 3. The lowest BCUT2D eigenvalue weighted by atomic mass is 9.92. The Morgan fingerprint density at radius 3 is 2.67 bits per heavy atom. The largest absolute Gasteiger partial charge is 0.478 e. The normalized spacial score (nSPS) is 22.6. The molecule has 2 N–H and O–H groups in total. The maximum Gasteiger partial charge on any atom is 0.335 e. The van der Waals surface area contributed by atoms with Crippen LogP contribution >= 0.6 is 0 Å². The molecule has 0 atom stereocenters. The highest BCUT2D eigenvalue weighted by atomic mass is 16.4. The third-order valence-electron chi connectivity index (χ3n) is 4.36. The van der Waals surface area contributed by atoms with Gasteiger partial charge in [0.05, 0.1) is 22.7 Å². The molecule has 112 valence electrons. The number of aromatic nitrogens is 2. The molecule has 5 heteroatoms. The van der Waals surface area contributed by atoms with Crippen LogP contribution in [-0.4, -0.2) is 31.8 Å². The van der Waals surface area contributed by atoms with Gasteiger partial charge < -0.3 is 14.8 Å². The molecule has 5 nitrogen and oxygen atoms in total. The lowest BCUT2D eigenvalue weighted by Gasteiger charge is -2.28. The van der Waals surface area contributed by atoms with Gasteiger partial charge in [-0.15, -0.1) is 0 Å². The number of nitrogens with zero attached hydrogens (tertiary/aromatic N) is 2. The van der Waals surface area contributed by atoms with E-state index in [9.17, 15) is 9.90 Å². The summed E-state index contributed by atoms with van der Waals surface area (Å²) in [6, 6.07) is 5.49. The second-order valence-corrected chi connectivity index (χ2v) is 5.72. The Labute approximate surface area is 123 Å². The van der Waals surface area contributed by atoms with Crippen LogP contribution in [0, 0.1) is 0 Å². The number of aliphatic hydroxyl groups excluding tert-OH is 1. The van der Waals surface area contributed by atoms with Crippen molar-refractivity contribution in [2.45, 2.75) is 51.2 Å². The van der Waals surface area contributed by atoms with Crippen LogP contribution < -0.4 is 0 Å². The number of imidazole rings is 1. The fraction of sp³-hybridized carbons (Fsp3) is 0.500. The van der Waals surface area contributed by atoms with Crippen LogP contribution in [0.3, 0.4) is 0 Å². The topological polar surface area (TPSA) is 75.3 Å². The van der Waals surface area contributed by atoms with E-state index in [1.54, 1.807) is 12.1 Å². The lowest BCUT2D eigenvalue weighted by Crippen LogP contribution is -2.22. The first kappa shape index (κ1) is 14.1. The molecule has 0 unspecified atom stereocenters. The molecule has 1 fully saturated rings. The molecule has 1 aliphatic carbocycles. The minimum Gasteiger partial charge on any atom is -0.478 e. The third-order valence-corrected chi connectivity index (χ3v) is 4.36. The molecule has 0 aliphatic heterocycles. The van der Waals surface area contributed by atoms with Crippen LogP contribution in [0.4, 0.5) is 0 Å². The number of aliphatic hydroxyl groups is 1. The first-order valence-electron chi connectivity index (χ1n) is 7.52. The minimum atomic E-state index is -0.926. The Morgan fingerprint density at radius 2 is 2.05 bits per heavy atom. The molecule has 1 heterocycles. The molecule has 0 spiro atoms. The van der Waals surface area contributed by atoms with Crippen molar-refractivity contribution in [2.75, 3.05) is 0 Å². The van der Waals surface area contributed by atoms with Crippen molar-refractivity contribution in [1.29, 1.82) is 0 Å². The fourth-order valence-corrected chi connectivity index (χ4v) is 3.25. The fourth-order valence-electron chi connectivity index (χ4n) is 3.25. The summed E-state index contributed by atoms with van der Waals surface area (Å²) in [5, 5.41) is 18.8. The number of aryl methyl sites for hydroxylation is 1. The Bertz CT molecular complexity index is 669. The van der Waals surface area contributed by atoms with Gasteiger partial charge in [-0.1, -0.05) is 6.92 Å². The van der Waals surface area contributed by atoms with E-state index in [0.717, 1.165) is 49.0 Å². The predicted molar refractivity (Wildman–Crippen MR) is 79.6 cm³/mol. The average molecular weight is 288 g/mol. The first-order valence-corrected chi connectivity index (χ1v) is 7.52. The molecule has 3 rings (SSSR count). The third kappa shape index (κ3) is 2.53. The summed E-state index contributed by atoms with van der Waals surface area (Å²) in [5.74, 6) is 0.0687. The second-order valence-electron chi connectivity index (χ2n) is 5.72. The Balaban J connectivity index is 2.06. The zero-order valence-electron chi connectivity index (χ0n) is 12.1. The van der Waals surface area contributed by atoms with Gasteiger partial charge in [0.15, 0.2) is 0 Å². The maximum atomic E-state index is 11.1. The molecular weight excluding hydrogens is 268 g/mol. The van der Waals surface area contributed by atoms with Gasteiger partial charge in [-0.25, -0.2) is 9.78 Å². The number of carboxylic acids is 1. The predicted octanol–water partition coefficient (Wildman–Crippen LogP) is 2.77. The van der Waals surface area contributed by atoms with Crippen LogP contribution in [0.15, 0.2) is 18.2 Å². The summed E-state index contributed by atoms with van der Waals surface area (Å²) in [5.41, 5.74) is 2.02. The van der Waals surface area contributed by atoms with E-state index in [0.29, 0.717) is 6.04 Å². The summed E-state index contributed by atoms with van der Waals surface area (Å²) in [4.78, 5) is 15.7. The SMILES string of the molecule is CCc1nc2cc(C(=O)O)ccc2n1C1CCC(O)CC1. The van der Waals surface area contributed by atoms with Gasteiger partial charge in [0.25, 0.3) is 0 Å². The van der Waals surface area contributed by atoms with Gasteiger partial charge >= 0.3 is 5.97 Å². The van der Waals surface area contributed by atoms with Crippen molar-refractivity contribution < 1.29 is 15.0 Å². The number of carbonyl (C=O) groups is 1. The quantitative estimate of drug-likeness (QED) is 0.910. The molecular formula is C16H20N2O3. The van der Waals surface area contributed by atoms with Crippen LogP contribution in [-0.2, 0) is 6.42 Å². The number of rotatable bonds is 3. The number of carboxylic acid groups (broad SMARTS) is 1. The van der Waals surface area contributed by atoms with E-state index in [1.807, 2.05) is 6.07 Å². The molecule has 0 amide bonds. The van der Waals surface area contributed by atoms with Crippen LogP contribution in [0.25, 0.3) is 11.0 Å². The summed E-state index contributed by atoms with van der Waals surface area (Å²) < 4.78 is 2.24. The summed E-state index contributed by atoms with van der Waals surface area (Å²) >= 11 is 0. The van der Waals surface area contributed by atoms with Gasteiger partial charge in [-0.2, -0.15) is 0 Å². The van der Waals surface area contributed by atoms with E-state index in [-0.39, 0.29) is 11.7 Å². The van der Waals surface area contributed by atoms with Crippen molar-refractivity contribution in [3.63, 3.8) is 0 Å². The smallest absolute Gasteiger partial charge is 0.335 e. The van der Waals surface area contributed by atoms with Gasteiger partial charge in [0.1, 0.15) is 5.82 Å². The monoisotopic (exact) mass is 288 g/mol. The molecule has 0 radical (unpaired) electrons. The Kier molecular flexibility index (Phi) is 3.68. The average Bonchev–Trinajstić information content (AvgIpc) is 2.85.